The van der Waals surface area contributed by atoms with Crippen LogP contribution < -0.4 is 14.8 Å². The van der Waals surface area contributed by atoms with E-state index < -0.39 is 5.82 Å². The molecule has 2 aromatic heterocycles. The van der Waals surface area contributed by atoms with Gasteiger partial charge in [0.2, 0.25) is 0 Å². The molecule has 4 aromatic rings. The zero-order valence-electron chi connectivity index (χ0n) is 16.2. The molecular weight excluding hydrogens is 371 g/mol. The van der Waals surface area contributed by atoms with E-state index >= 15 is 0 Å². The number of aromatic nitrogens is 3. The summed E-state index contributed by atoms with van der Waals surface area (Å²) in [5.74, 6) is 1.45. The number of anilines is 1. The zero-order valence-corrected chi connectivity index (χ0v) is 16.2. The number of nitrogens with one attached hydrogen (secondary N) is 1. The summed E-state index contributed by atoms with van der Waals surface area (Å²) in [6, 6.07) is 12.2. The highest BCUT2D eigenvalue weighted by molar-refractivity contribution is 5.98. The van der Waals surface area contributed by atoms with Crippen LogP contribution in [0.2, 0.25) is 0 Å². The number of ether oxygens (including phenoxy) is 2. The fraction of sp³-hybridized carbons (Fsp3) is 0.136. The van der Waals surface area contributed by atoms with Crippen LogP contribution in [0.5, 0.6) is 11.5 Å². The maximum Gasteiger partial charge on any atom is 0.165 e. The molecule has 0 amide bonds. The van der Waals surface area contributed by atoms with Gasteiger partial charge in [-0.25, -0.2) is 14.4 Å². The summed E-state index contributed by atoms with van der Waals surface area (Å²) < 4.78 is 25.1. The van der Waals surface area contributed by atoms with E-state index in [9.17, 15) is 4.39 Å². The van der Waals surface area contributed by atoms with Crippen molar-refractivity contribution in [1.29, 1.82) is 0 Å². The normalized spacial score (nSPS) is 10.8. The van der Waals surface area contributed by atoms with Crippen molar-refractivity contribution in [2.45, 2.75) is 0 Å². The van der Waals surface area contributed by atoms with E-state index in [1.807, 2.05) is 24.3 Å². The number of halogens is 1. The second-order valence-electron chi connectivity index (χ2n) is 6.28. The summed E-state index contributed by atoms with van der Waals surface area (Å²) in [5, 5.41) is 3.87. The molecule has 0 aliphatic heterocycles. The van der Waals surface area contributed by atoms with Crippen LogP contribution in [0.15, 0.2) is 54.9 Å². The second kappa shape index (κ2) is 7.71. The van der Waals surface area contributed by atoms with Crippen LogP contribution in [0, 0.1) is 5.82 Å². The molecule has 0 aliphatic carbocycles. The molecule has 0 spiro atoms. The Kier molecular flexibility index (Phi) is 4.95. The van der Waals surface area contributed by atoms with Gasteiger partial charge < -0.3 is 14.8 Å². The van der Waals surface area contributed by atoms with E-state index in [4.69, 9.17) is 14.5 Å². The summed E-state index contributed by atoms with van der Waals surface area (Å²) >= 11 is 0. The Morgan fingerprint density at radius 3 is 2.52 bits per heavy atom. The molecule has 0 saturated heterocycles. The third kappa shape index (κ3) is 3.31. The van der Waals surface area contributed by atoms with E-state index in [0.717, 1.165) is 16.5 Å². The van der Waals surface area contributed by atoms with E-state index in [2.05, 4.69) is 15.3 Å². The lowest BCUT2D eigenvalue weighted by Gasteiger charge is -2.15. The van der Waals surface area contributed by atoms with Crippen molar-refractivity contribution in [2.24, 2.45) is 0 Å². The average molecular weight is 390 g/mol. The predicted octanol–water partition coefficient (Wildman–Crippen LogP) is 4.56. The van der Waals surface area contributed by atoms with Crippen LogP contribution in [0.1, 0.15) is 0 Å². The lowest BCUT2D eigenvalue weighted by atomic mass is 10.0. The van der Waals surface area contributed by atoms with Gasteiger partial charge in [-0.3, -0.25) is 4.98 Å². The molecule has 6 nitrogen and oxygen atoms in total. The van der Waals surface area contributed by atoms with Crippen molar-refractivity contribution in [3.8, 4) is 34.0 Å². The van der Waals surface area contributed by atoms with Crippen molar-refractivity contribution < 1.29 is 13.9 Å². The van der Waals surface area contributed by atoms with Crippen LogP contribution in [-0.4, -0.2) is 36.2 Å². The van der Waals surface area contributed by atoms with Gasteiger partial charge in [-0.2, -0.15) is 0 Å². The lowest BCUT2D eigenvalue weighted by molar-refractivity contribution is 0.388. The number of pyridine rings is 1. The van der Waals surface area contributed by atoms with Gasteiger partial charge in [-0.05, 0) is 35.9 Å². The van der Waals surface area contributed by atoms with Crippen LogP contribution >= 0.6 is 0 Å². The van der Waals surface area contributed by atoms with Gasteiger partial charge in [0.1, 0.15) is 17.1 Å². The molecule has 0 aliphatic rings. The number of hydrogen-bond donors (Lipinski definition) is 1. The third-order valence-electron chi connectivity index (χ3n) is 4.62. The van der Waals surface area contributed by atoms with Gasteiger partial charge in [0, 0.05) is 36.0 Å². The Hall–Kier alpha value is -3.74. The van der Waals surface area contributed by atoms with Gasteiger partial charge in [-0.15, -0.1) is 0 Å². The number of benzene rings is 2. The molecule has 0 fully saturated rings. The Bertz CT molecular complexity index is 1180. The quantitative estimate of drug-likeness (QED) is 0.539. The average Bonchev–Trinajstić information content (AvgIpc) is 2.77. The Labute approximate surface area is 167 Å². The molecule has 1 N–H and O–H groups in total. The number of rotatable bonds is 5. The van der Waals surface area contributed by atoms with E-state index in [-0.39, 0.29) is 5.75 Å². The molecule has 0 unspecified atom stereocenters. The van der Waals surface area contributed by atoms with Crippen LogP contribution in [0.4, 0.5) is 10.2 Å². The standard InChI is InChI=1S/C22H19FN4O2/c1-24-22-16-10-14(15-7-4-8-17(23)20(15)29-3)11-18(28-2)19(16)26-21(27-22)13-6-5-9-25-12-13/h4-12H,1-3H3,(H,24,26,27). The minimum atomic E-state index is -0.430. The smallest absolute Gasteiger partial charge is 0.165 e. The minimum absolute atomic E-state index is 0.174. The lowest BCUT2D eigenvalue weighted by Crippen LogP contribution is -2.01. The first kappa shape index (κ1) is 18.6. The highest BCUT2D eigenvalue weighted by Crippen LogP contribution is 2.39. The van der Waals surface area contributed by atoms with Gasteiger partial charge >= 0.3 is 0 Å². The van der Waals surface area contributed by atoms with Gasteiger partial charge in [0.25, 0.3) is 0 Å². The molecule has 2 heterocycles. The van der Waals surface area contributed by atoms with Crippen molar-refractivity contribution in [1.82, 2.24) is 15.0 Å². The van der Waals surface area contributed by atoms with Crippen molar-refractivity contribution >= 4 is 16.7 Å². The first-order valence-electron chi connectivity index (χ1n) is 8.97. The molecule has 0 saturated carbocycles. The molecule has 0 radical (unpaired) electrons. The highest BCUT2D eigenvalue weighted by Gasteiger charge is 2.17. The largest absolute Gasteiger partial charge is 0.494 e. The fourth-order valence-corrected chi connectivity index (χ4v) is 3.27. The van der Waals surface area contributed by atoms with Crippen molar-refractivity contribution in [3.63, 3.8) is 0 Å². The number of nitrogens with zero attached hydrogens (tertiary/aromatic N) is 3. The maximum absolute atomic E-state index is 14.2. The zero-order chi connectivity index (χ0) is 20.4. The third-order valence-corrected chi connectivity index (χ3v) is 4.62. The minimum Gasteiger partial charge on any atom is -0.494 e. The van der Waals surface area contributed by atoms with Gasteiger partial charge in [0.05, 0.1) is 14.2 Å². The summed E-state index contributed by atoms with van der Waals surface area (Å²) in [5.41, 5.74) is 2.79. The maximum atomic E-state index is 14.2. The van der Waals surface area contributed by atoms with E-state index in [0.29, 0.717) is 28.5 Å². The van der Waals surface area contributed by atoms with Gasteiger partial charge in [0.15, 0.2) is 17.4 Å². The Morgan fingerprint density at radius 1 is 0.966 bits per heavy atom. The van der Waals surface area contributed by atoms with E-state index in [1.54, 1.807) is 38.7 Å². The molecule has 0 atom stereocenters. The SMILES string of the molecule is CNc1nc(-c2cccnc2)nc2c(OC)cc(-c3cccc(F)c3OC)cc12. The molecule has 29 heavy (non-hydrogen) atoms. The van der Waals surface area contributed by atoms with E-state index in [1.165, 1.54) is 13.2 Å². The number of hydrogen-bond acceptors (Lipinski definition) is 6. The summed E-state index contributed by atoms with van der Waals surface area (Å²) in [7, 11) is 4.81. The molecule has 146 valence electrons. The fourth-order valence-electron chi connectivity index (χ4n) is 3.27. The van der Waals surface area contributed by atoms with Crippen molar-refractivity contribution in [2.75, 3.05) is 26.6 Å². The predicted molar refractivity (Wildman–Crippen MR) is 111 cm³/mol. The number of fused-ring (bicyclic) bond motifs is 1. The number of para-hydroxylation sites is 1. The van der Waals surface area contributed by atoms with Gasteiger partial charge in [-0.1, -0.05) is 12.1 Å². The first-order chi connectivity index (χ1) is 14.2. The summed E-state index contributed by atoms with van der Waals surface area (Å²) in [6.45, 7) is 0. The summed E-state index contributed by atoms with van der Waals surface area (Å²) in [6.07, 6.45) is 3.40. The van der Waals surface area contributed by atoms with Crippen molar-refractivity contribution in [3.05, 3.63) is 60.7 Å². The first-order valence-corrected chi connectivity index (χ1v) is 8.97. The topological polar surface area (TPSA) is 69.2 Å². The monoisotopic (exact) mass is 390 g/mol. The Balaban J connectivity index is 1.99. The molecule has 0 bridgehead atoms. The Morgan fingerprint density at radius 2 is 1.83 bits per heavy atom. The van der Waals surface area contributed by atoms with Crippen LogP contribution in [0.25, 0.3) is 33.4 Å². The summed E-state index contributed by atoms with van der Waals surface area (Å²) in [4.78, 5) is 13.5. The molecule has 7 heteroatoms. The second-order valence-corrected chi connectivity index (χ2v) is 6.28. The molecule has 4 rings (SSSR count). The highest BCUT2D eigenvalue weighted by atomic mass is 19.1. The van der Waals surface area contributed by atoms with Crippen LogP contribution in [-0.2, 0) is 0 Å². The molecule has 2 aromatic carbocycles. The van der Waals surface area contributed by atoms with Crippen LogP contribution in [0.3, 0.4) is 0 Å². The molecular formula is C22H19FN4O2. The number of methoxy groups -OCH3 is 2.